The third-order valence-electron chi connectivity index (χ3n) is 2.67. The molecule has 0 unspecified atom stereocenters. The molecule has 0 radical (unpaired) electrons. The van der Waals surface area contributed by atoms with E-state index in [-0.39, 0.29) is 17.1 Å². The maximum absolute atomic E-state index is 12.0. The van der Waals surface area contributed by atoms with Gasteiger partial charge in [0, 0.05) is 22.7 Å². The summed E-state index contributed by atoms with van der Waals surface area (Å²) in [6, 6.07) is 14.9. The number of rotatable bonds is 4. The fourth-order valence-corrected chi connectivity index (χ4v) is 2.45. The average Bonchev–Trinajstić information content (AvgIpc) is 2.39. The van der Waals surface area contributed by atoms with Crippen LogP contribution in [0, 0.1) is 0 Å². The Balaban J connectivity index is 2.15. The normalized spacial score (nSPS) is 11.2. The Labute approximate surface area is 116 Å². The molecule has 2 rings (SSSR count). The Morgan fingerprint density at radius 3 is 2.05 bits per heavy atom. The van der Waals surface area contributed by atoms with Gasteiger partial charge in [-0.1, -0.05) is 42.5 Å². The first kappa shape index (κ1) is 13.8. The number of carbonyl (C=O) groups is 1. The summed E-state index contributed by atoms with van der Waals surface area (Å²) in [5.74, 6) is -0.0120. The van der Waals surface area contributed by atoms with Crippen molar-refractivity contribution >= 4 is 25.5 Å². The van der Waals surface area contributed by atoms with E-state index in [1.165, 1.54) is 12.1 Å². The molecule has 0 fully saturated rings. The Kier molecular flexibility index (Phi) is 4.02. The molecule has 19 heavy (non-hydrogen) atoms. The van der Waals surface area contributed by atoms with E-state index in [0.29, 0.717) is 5.56 Å². The number of halogens is 1. The second-order valence-electron chi connectivity index (χ2n) is 4.05. The summed E-state index contributed by atoms with van der Waals surface area (Å²) >= 11 is 0. The summed E-state index contributed by atoms with van der Waals surface area (Å²) in [4.78, 5) is 12.0. The zero-order valence-corrected chi connectivity index (χ0v) is 11.5. The summed E-state index contributed by atoms with van der Waals surface area (Å²) < 4.78 is 22.2. The van der Waals surface area contributed by atoms with Crippen molar-refractivity contribution < 1.29 is 13.2 Å². The molecule has 0 bridgehead atoms. The van der Waals surface area contributed by atoms with Crippen molar-refractivity contribution in [2.24, 2.45) is 0 Å². The van der Waals surface area contributed by atoms with Gasteiger partial charge < -0.3 is 0 Å². The van der Waals surface area contributed by atoms with Crippen LogP contribution in [-0.2, 0) is 15.5 Å². The lowest BCUT2D eigenvalue weighted by Crippen LogP contribution is -2.03. The van der Waals surface area contributed by atoms with Crippen LogP contribution in [0.4, 0.5) is 0 Å². The molecule has 98 valence electrons. The first-order chi connectivity index (χ1) is 8.97. The number of hydrogen-bond donors (Lipinski definition) is 0. The summed E-state index contributed by atoms with van der Waals surface area (Å²) in [7, 11) is 1.50. The van der Waals surface area contributed by atoms with Gasteiger partial charge in [0.1, 0.15) is 0 Å². The van der Waals surface area contributed by atoms with E-state index in [9.17, 15) is 13.2 Å². The Bertz CT molecular complexity index is 676. The Morgan fingerprint density at radius 1 is 0.947 bits per heavy atom. The molecule has 0 aliphatic carbocycles. The molecular weight excluding hydrogens is 284 g/mol. The van der Waals surface area contributed by atoms with Crippen molar-refractivity contribution in [3.63, 3.8) is 0 Å². The van der Waals surface area contributed by atoms with Crippen LogP contribution in [0.15, 0.2) is 59.5 Å². The Hall–Kier alpha value is -1.65. The smallest absolute Gasteiger partial charge is 0.261 e. The fourth-order valence-electron chi connectivity index (χ4n) is 1.68. The molecule has 3 nitrogen and oxygen atoms in total. The first-order valence-electron chi connectivity index (χ1n) is 5.59. The van der Waals surface area contributed by atoms with Gasteiger partial charge in [-0.25, -0.2) is 8.42 Å². The van der Waals surface area contributed by atoms with Crippen LogP contribution in [0.1, 0.15) is 15.9 Å². The predicted molar refractivity (Wildman–Crippen MR) is 74.0 cm³/mol. The molecule has 0 saturated heterocycles. The molecule has 0 aliphatic heterocycles. The van der Waals surface area contributed by atoms with Crippen LogP contribution in [0.25, 0.3) is 0 Å². The molecule has 0 heterocycles. The largest absolute Gasteiger partial charge is 0.294 e. The quantitative estimate of drug-likeness (QED) is 0.643. The number of hydrogen-bond acceptors (Lipinski definition) is 3. The monoisotopic (exact) mass is 294 g/mol. The van der Waals surface area contributed by atoms with Gasteiger partial charge in [0.25, 0.3) is 9.05 Å². The zero-order valence-electron chi connectivity index (χ0n) is 9.91. The van der Waals surface area contributed by atoms with Gasteiger partial charge in [0.05, 0.1) is 4.90 Å². The first-order valence-corrected chi connectivity index (χ1v) is 7.89. The molecule has 0 atom stereocenters. The number of carbonyl (C=O) groups excluding carboxylic acids is 1. The van der Waals surface area contributed by atoms with Crippen molar-refractivity contribution in [2.45, 2.75) is 11.3 Å². The van der Waals surface area contributed by atoms with Gasteiger partial charge in [-0.15, -0.1) is 0 Å². The molecule has 0 saturated carbocycles. The minimum Gasteiger partial charge on any atom is -0.294 e. The van der Waals surface area contributed by atoms with Crippen LogP contribution < -0.4 is 0 Å². The lowest BCUT2D eigenvalue weighted by molar-refractivity contribution is 0.0993. The van der Waals surface area contributed by atoms with Gasteiger partial charge in [-0.05, 0) is 17.7 Å². The van der Waals surface area contributed by atoms with Crippen molar-refractivity contribution in [1.82, 2.24) is 0 Å². The van der Waals surface area contributed by atoms with Crippen molar-refractivity contribution in [3.05, 3.63) is 65.7 Å². The van der Waals surface area contributed by atoms with Gasteiger partial charge in [-0.3, -0.25) is 4.79 Å². The molecule has 2 aromatic rings. The molecule has 0 spiro atoms. The minimum absolute atomic E-state index is 0.0120. The topological polar surface area (TPSA) is 51.2 Å². The summed E-state index contributed by atoms with van der Waals surface area (Å²) in [5, 5.41) is 0. The SMILES string of the molecule is O=C(Cc1ccc(S(=O)(=O)Cl)cc1)c1ccccc1. The summed E-state index contributed by atoms with van der Waals surface area (Å²) in [5.41, 5.74) is 1.38. The van der Waals surface area contributed by atoms with Crippen LogP contribution in [0.2, 0.25) is 0 Å². The molecule has 0 amide bonds. The predicted octanol–water partition coefficient (Wildman–Crippen LogP) is 3.04. The number of Topliss-reactive ketones (excluding diaryl/α,β-unsaturated/α-hetero) is 1. The number of benzene rings is 2. The highest BCUT2D eigenvalue weighted by molar-refractivity contribution is 8.13. The van der Waals surface area contributed by atoms with Crippen LogP contribution in [0.5, 0.6) is 0 Å². The lowest BCUT2D eigenvalue weighted by Gasteiger charge is -2.02. The van der Waals surface area contributed by atoms with E-state index in [4.69, 9.17) is 10.7 Å². The Morgan fingerprint density at radius 2 is 1.53 bits per heavy atom. The minimum atomic E-state index is -3.71. The maximum atomic E-state index is 12.0. The second kappa shape index (κ2) is 5.55. The molecular formula is C14H11ClO3S. The van der Waals surface area contributed by atoms with Crippen LogP contribution in [0.3, 0.4) is 0 Å². The van der Waals surface area contributed by atoms with E-state index < -0.39 is 9.05 Å². The van der Waals surface area contributed by atoms with Crippen LogP contribution >= 0.6 is 10.7 Å². The van der Waals surface area contributed by atoms with Crippen molar-refractivity contribution in [1.29, 1.82) is 0 Å². The van der Waals surface area contributed by atoms with Crippen molar-refractivity contribution in [2.75, 3.05) is 0 Å². The zero-order chi connectivity index (χ0) is 13.9. The van der Waals surface area contributed by atoms with Gasteiger partial charge in [-0.2, -0.15) is 0 Å². The van der Waals surface area contributed by atoms with E-state index >= 15 is 0 Å². The van der Waals surface area contributed by atoms with E-state index in [2.05, 4.69) is 0 Å². The summed E-state index contributed by atoms with van der Waals surface area (Å²) in [6.45, 7) is 0. The number of ketones is 1. The van der Waals surface area contributed by atoms with Gasteiger partial charge in [0.15, 0.2) is 5.78 Å². The van der Waals surface area contributed by atoms with Gasteiger partial charge >= 0.3 is 0 Å². The fraction of sp³-hybridized carbons (Fsp3) is 0.0714. The molecule has 2 aromatic carbocycles. The lowest BCUT2D eigenvalue weighted by atomic mass is 10.0. The second-order valence-corrected chi connectivity index (χ2v) is 6.61. The third kappa shape index (κ3) is 3.66. The standard InChI is InChI=1S/C14H11ClO3S/c15-19(17,18)13-8-6-11(7-9-13)10-14(16)12-4-2-1-3-5-12/h1-9H,10H2. The highest BCUT2D eigenvalue weighted by Crippen LogP contribution is 2.16. The van der Waals surface area contributed by atoms with E-state index in [0.717, 1.165) is 5.56 Å². The van der Waals surface area contributed by atoms with Gasteiger partial charge in [0.2, 0.25) is 0 Å². The highest BCUT2D eigenvalue weighted by Gasteiger charge is 2.10. The molecule has 0 aliphatic rings. The summed E-state index contributed by atoms with van der Waals surface area (Å²) in [6.07, 6.45) is 0.229. The molecule has 5 heteroatoms. The third-order valence-corrected chi connectivity index (χ3v) is 4.04. The molecule has 0 aromatic heterocycles. The average molecular weight is 295 g/mol. The molecule has 0 N–H and O–H groups in total. The van der Waals surface area contributed by atoms with E-state index in [1.54, 1.807) is 36.4 Å². The highest BCUT2D eigenvalue weighted by atomic mass is 35.7. The maximum Gasteiger partial charge on any atom is 0.261 e. The van der Waals surface area contributed by atoms with Crippen molar-refractivity contribution in [3.8, 4) is 0 Å². The van der Waals surface area contributed by atoms with Crippen LogP contribution in [-0.4, -0.2) is 14.2 Å². The van der Waals surface area contributed by atoms with E-state index in [1.807, 2.05) is 6.07 Å².